The molecule has 0 aliphatic rings. The van der Waals surface area contributed by atoms with Crippen molar-refractivity contribution >= 4 is 51.4 Å². The molecule has 0 spiro atoms. The van der Waals surface area contributed by atoms with Gasteiger partial charge in [0.15, 0.2) is 0 Å². The van der Waals surface area contributed by atoms with E-state index in [1.165, 1.54) is 11.3 Å². The second kappa shape index (κ2) is 4.97. The van der Waals surface area contributed by atoms with Gasteiger partial charge in [-0.25, -0.2) is 0 Å². The van der Waals surface area contributed by atoms with Gasteiger partial charge in [-0.15, -0.1) is 11.3 Å². The molecule has 13 heavy (non-hydrogen) atoms. The summed E-state index contributed by atoms with van der Waals surface area (Å²) in [4.78, 5) is 11.4. The summed E-state index contributed by atoms with van der Waals surface area (Å²) in [5.74, 6) is -0.110. The van der Waals surface area contributed by atoms with Crippen LogP contribution in [0.3, 0.4) is 0 Å². The van der Waals surface area contributed by atoms with Gasteiger partial charge in [-0.3, -0.25) is 4.79 Å². The number of nitrogens with one attached hydrogen (secondary N) is 1. The molecule has 0 aliphatic carbocycles. The third-order valence-corrected chi connectivity index (χ3v) is 3.19. The van der Waals surface area contributed by atoms with E-state index in [2.05, 4.69) is 34.5 Å². The summed E-state index contributed by atoms with van der Waals surface area (Å²) < 4.78 is 1.09. The van der Waals surface area contributed by atoms with Gasteiger partial charge >= 0.3 is 0 Å². The van der Waals surface area contributed by atoms with Gasteiger partial charge in [0, 0.05) is 10.4 Å². The second-order valence-electron chi connectivity index (χ2n) is 2.34. The zero-order valence-corrected chi connectivity index (χ0v) is 10.4. The maximum Gasteiger partial charge on any atom is 0.252 e. The first kappa shape index (κ1) is 11.0. The van der Waals surface area contributed by atoms with Crippen LogP contribution < -0.4 is 5.32 Å². The summed E-state index contributed by atoms with van der Waals surface area (Å²) in [5, 5.41) is 4.89. The highest BCUT2D eigenvalue weighted by molar-refractivity contribution is 14.1. The molecule has 1 aromatic rings. The van der Waals surface area contributed by atoms with Gasteiger partial charge in [-0.2, -0.15) is 0 Å². The Hall–Kier alpha value is -0.0700. The first-order chi connectivity index (χ1) is 6.09. The van der Waals surface area contributed by atoms with Crippen LogP contribution in [0, 0.1) is 2.88 Å². The fourth-order valence-corrected chi connectivity index (χ4v) is 2.10. The largest absolute Gasteiger partial charge is 0.347 e. The minimum absolute atomic E-state index is 0.110. The number of rotatable bonds is 3. The van der Waals surface area contributed by atoms with Crippen LogP contribution in [0.2, 0.25) is 0 Å². The van der Waals surface area contributed by atoms with Crippen molar-refractivity contribution in [3.05, 3.63) is 31.5 Å². The van der Waals surface area contributed by atoms with Crippen molar-refractivity contribution in [2.24, 2.45) is 0 Å². The van der Waals surface area contributed by atoms with E-state index in [0.717, 1.165) is 2.88 Å². The van der Waals surface area contributed by atoms with E-state index in [9.17, 15) is 4.79 Å². The monoisotopic (exact) mass is 327 g/mol. The quantitative estimate of drug-likeness (QED) is 0.850. The van der Waals surface area contributed by atoms with E-state index in [1.807, 2.05) is 11.4 Å². The predicted octanol–water partition coefficient (Wildman–Crippen LogP) is 2.84. The first-order valence-corrected chi connectivity index (χ1v) is 5.78. The number of carbonyl (C=O) groups excluding carboxylic acids is 1. The van der Waals surface area contributed by atoms with Crippen LogP contribution in [-0.4, -0.2) is 12.5 Å². The Morgan fingerprint density at radius 2 is 2.46 bits per heavy atom. The smallest absolute Gasteiger partial charge is 0.252 e. The van der Waals surface area contributed by atoms with E-state index >= 15 is 0 Å². The molecule has 0 saturated heterocycles. The van der Waals surface area contributed by atoms with E-state index in [4.69, 9.17) is 11.6 Å². The average Bonchev–Trinajstić information content (AvgIpc) is 2.47. The number of halogens is 2. The van der Waals surface area contributed by atoms with Gasteiger partial charge in [0.1, 0.15) is 0 Å². The molecule has 0 radical (unpaired) electrons. The van der Waals surface area contributed by atoms with Gasteiger partial charge in [0.25, 0.3) is 5.91 Å². The van der Waals surface area contributed by atoms with Gasteiger partial charge < -0.3 is 5.32 Å². The SMILES string of the molecule is C=C(Cl)CNC(=O)c1csc(I)c1. The molecular weight excluding hydrogens is 321 g/mol. The number of carbonyl (C=O) groups is 1. The van der Waals surface area contributed by atoms with Crippen molar-refractivity contribution in [3.63, 3.8) is 0 Å². The number of hydrogen-bond acceptors (Lipinski definition) is 2. The summed E-state index contributed by atoms with van der Waals surface area (Å²) in [6, 6.07) is 1.83. The number of hydrogen-bond donors (Lipinski definition) is 1. The molecule has 0 atom stereocenters. The van der Waals surface area contributed by atoms with E-state index in [0.29, 0.717) is 17.1 Å². The molecule has 0 saturated carbocycles. The summed E-state index contributed by atoms with van der Waals surface area (Å²) in [7, 11) is 0. The molecule has 0 unspecified atom stereocenters. The third kappa shape index (κ3) is 3.66. The molecule has 0 aromatic carbocycles. The topological polar surface area (TPSA) is 29.1 Å². The van der Waals surface area contributed by atoms with Gasteiger partial charge in [0.2, 0.25) is 0 Å². The second-order valence-corrected chi connectivity index (χ2v) is 5.68. The van der Waals surface area contributed by atoms with Gasteiger partial charge in [-0.05, 0) is 28.7 Å². The lowest BCUT2D eigenvalue weighted by molar-refractivity contribution is 0.0958. The molecule has 1 aromatic heterocycles. The number of amides is 1. The molecule has 1 N–H and O–H groups in total. The highest BCUT2D eigenvalue weighted by Crippen LogP contribution is 2.16. The van der Waals surface area contributed by atoms with Crippen molar-refractivity contribution in [3.8, 4) is 0 Å². The van der Waals surface area contributed by atoms with Crippen molar-refractivity contribution in [2.75, 3.05) is 6.54 Å². The Bertz CT molecular complexity index is 337. The van der Waals surface area contributed by atoms with E-state index in [1.54, 1.807) is 0 Å². The zero-order valence-electron chi connectivity index (χ0n) is 6.64. The highest BCUT2D eigenvalue weighted by atomic mass is 127. The van der Waals surface area contributed by atoms with Crippen molar-refractivity contribution in [2.45, 2.75) is 0 Å². The number of thiophene rings is 1. The Labute approximate surface area is 99.1 Å². The first-order valence-electron chi connectivity index (χ1n) is 3.45. The molecule has 0 fully saturated rings. The van der Waals surface area contributed by atoms with Crippen LogP contribution in [0.4, 0.5) is 0 Å². The van der Waals surface area contributed by atoms with Crippen molar-refractivity contribution in [1.82, 2.24) is 5.32 Å². The Kier molecular flexibility index (Phi) is 4.21. The van der Waals surface area contributed by atoms with Crippen LogP contribution in [0.25, 0.3) is 0 Å². The zero-order chi connectivity index (χ0) is 9.84. The van der Waals surface area contributed by atoms with Crippen LogP contribution >= 0.6 is 45.5 Å². The standard InChI is InChI=1S/C8H7ClINOS/c1-5(9)3-11-8(12)6-2-7(10)13-4-6/h2,4H,1,3H2,(H,11,12). The van der Waals surface area contributed by atoms with E-state index < -0.39 is 0 Å². The fraction of sp³-hybridized carbons (Fsp3) is 0.125. The predicted molar refractivity (Wildman–Crippen MR) is 64.4 cm³/mol. The molecule has 1 heterocycles. The maximum absolute atomic E-state index is 11.4. The van der Waals surface area contributed by atoms with Crippen LogP contribution in [0.5, 0.6) is 0 Å². The van der Waals surface area contributed by atoms with Crippen LogP contribution in [0.15, 0.2) is 23.1 Å². The van der Waals surface area contributed by atoms with Crippen molar-refractivity contribution in [1.29, 1.82) is 0 Å². The Morgan fingerprint density at radius 1 is 1.77 bits per heavy atom. The minimum atomic E-state index is -0.110. The summed E-state index contributed by atoms with van der Waals surface area (Å²) >= 11 is 9.21. The lowest BCUT2D eigenvalue weighted by Gasteiger charge is -2.00. The average molecular weight is 328 g/mol. The lowest BCUT2D eigenvalue weighted by Crippen LogP contribution is -2.23. The van der Waals surface area contributed by atoms with Gasteiger partial charge in [0.05, 0.1) is 15.0 Å². The Balaban J connectivity index is 2.54. The normalized spacial score (nSPS) is 9.69. The molecule has 1 rings (SSSR count). The molecule has 70 valence electrons. The van der Waals surface area contributed by atoms with Crippen LogP contribution in [0.1, 0.15) is 10.4 Å². The minimum Gasteiger partial charge on any atom is -0.347 e. The van der Waals surface area contributed by atoms with Crippen LogP contribution in [-0.2, 0) is 0 Å². The van der Waals surface area contributed by atoms with Gasteiger partial charge in [-0.1, -0.05) is 18.2 Å². The maximum atomic E-state index is 11.4. The molecule has 0 aliphatic heterocycles. The molecule has 0 bridgehead atoms. The fourth-order valence-electron chi connectivity index (χ4n) is 0.707. The highest BCUT2D eigenvalue weighted by Gasteiger charge is 2.06. The molecule has 5 heteroatoms. The lowest BCUT2D eigenvalue weighted by atomic mass is 10.3. The van der Waals surface area contributed by atoms with E-state index in [-0.39, 0.29) is 5.91 Å². The third-order valence-electron chi connectivity index (χ3n) is 1.27. The summed E-state index contributed by atoms with van der Waals surface area (Å²) in [5.41, 5.74) is 0.673. The molecule has 2 nitrogen and oxygen atoms in total. The summed E-state index contributed by atoms with van der Waals surface area (Å²) in [6.07, 6.45) is 0. The summed E-state index contributed by atoms with van der Waals surface area (Å²) in [6.45, 7) is 3.79. The Morgan fingerprint density at radius 3 is 2.92 bits per heavy atom. The molecular formula is C8H7ClINOS. The molecule has 1 amide bonds. The van der Waals surface area contributed by atoms with Crippen molar-refractivity contribution < 1.29 is 4.79 Å².